The molecule has 122 valence electrons. The van der Waals surface area contributed by atoms with Gasteiger partial charge in [0, 0.05) is 24.4 Å². The Morgan fingerprint density at radius 2 is 2.04 bits per heavy atom. The van der Waals surface area contributed by atoms with Gasteiger partial charge in [-0.1, -0.05) is 30.3 Å². The van der Waals surface area contributed by atoms with E-state index in [1.54, 1.807) is 13.1 Å². The number of nitrogens with one attached hydrogen (secondary N) is 1. The standard InChI is InChI=1S/C17H20N2O4/c1-12(10-17(21)22-2)19-15(20)8-9-16-18-11-14(23-16)13-6-4-3-5-7-13/h3-7,11-12H,8-10H2,1-2H3,(H,19,20). The zero-order valence-corrected chi connectivity index (χ0v) is 13.2. The number of rotatable bonds is 7. The van der Waals surface area contributed by atoms with E-state index in [0.29, 0.717) is 18.1 Å². The second-order valence-electron chi connectivity index (χ2n) is 5.23. The number of carbonyl (C=O) groups is 2. The fourth-order valence-electron chi connectivity index (χ4n) is 2.11. The van der Waals surface area contributed by atoms with Crippen molar-refractivity contribution in [3.63, 3.8) is 0 Å². The summed E-state index contributed by atoms with van der Waals surface area (Å²) >= 11 is 0. The van der Waals surface area contributed by atoms with Crippen molar-refractivity contribution in [2.24, 2.45) is 0 Å². The van der Waals surface area contributed by atoms with E-state index in [2.05, 4.69) is 15.0 Å². The van der Waals surface area contributed by atoms with Crippen molar-refractivity contribution in [2.45, 2.75) is 32.2 Å². The van der Waals surface area contributed by atoms with Crippen molar-refractivity contribution in [3.05, 3.63) is 42.4 Å². The number of nitrogens with zero attached hydrogens (tertiary/aromatic N) is 1. The normalized spacial score (nSPS) is 11.7. The van der Waals surface area contributed by atoms with Crippen molar-refractivity contribution in [2.75, 3.05) is 7.11 Å². The molecule has 0 saturated heterocycles. The van der Waals surface area contributed by atoms with E-state index < -0.39 is 0 Å². The van der Waals surface area contributed by atoms with E-state index in [1.807, 2.05) is 30.3 Å². The van der Waals surface area contributed by atoms with Crippen molar-refractivity contribution in [3.8, 4) is 11.3 Å². The first-order valence-electron chi connectivity index (χ1n) is 7.44. The summed E-state index contributed by atoms with van der Waals surface area (Å²) in [5, 5.41) is 2.74. The third-order valence-electron chi connectivity index (χ3n) is 3.29. The lowest BCUT2D eigenvalue weighted by atomic mass is 10.2. The molecule has 1 N–H and O–H groups in total. The van der Waals surface area contributed by atoms with Crippen LogP contribution in [0.15, 0.2) is 40.9 Å². The molecule has 2 rings (SSSR count). The number of amides is 1. The quantitative estimate of drug-likeness (QED) is 0.793. The molecule has 1 atom stereocenters. The molecule has 23 heavy (non-hydrogen) atoms. The molecule has 0 spiro atoms. The number of aromatic nitrogens is 1. The summed E-state index contributed by atoms with van der Waals surface area (Å²) in [6.45, 7) is 1.76. The molecule has 6 heteroatoms. The predicted molar refractivity (Wildman–Crippen MR) is 84.5 cm³/mol. The fraction of sp³-hybridized carbons (Fsp3) is 0.353. The van der Waals surface area contributed by atoms with Crippen LogP contribution in [0.5, 0.6) is 0 Å². The monoisotopic (exact) mass is 316 g/mol. The lowest BCUT2D eigenvalue weighted by molar-refractivity contribution is -0.141. The SMILES string of the molecule is COC(=O)CC(C)NC(=O)CCc1ncc(-c2ccccc2)o1. The molecule has 1 aromatic carbocycles. The number of aryl methyl sites for hydroxylation is 1. The summed E-state index contributed by atoms with van der Waals surface area (Å²) in [5.74, 6) is 0.693. The van der Waals surface area contributed by atoms with Crippen LogP contribution in [0.25, 0.3) is 11.3 Å². The summed E-state index contributed by atoms with van der Waals surface area (Å²) in [5.41, 5.74) is 0.947. The number of hydrogen-bond acceptors (Lipinski definition) is 5. The molecule has 1 heterocycles. The van der Waals surface area contributed by atoms with Crippen molar-refractivity contribution in [1.82, 2.24) is 10.3 Å². The minimum absolute atomic E-state index is 0.152. The number of oxazole rings is 1. The maximum atomic E-state index is 11.8. The van der Waals surface area contributed by atoms with Gasteiger partial charge in [0.05, 0.1) is 19.7 Å². The molecular formula is C17H20N2O4. The maximum absolute atomic E-state index is 11.8. The first-order chi connectivity index (χ1) is 11.1. The summed E-state index contributed by atoms with van der Waals surface area (Å²) in [6.07, 6.45) is 2.46. The molecule has 0 bridgehead atoms. The number of esters is 1. The summed E-state index contributed by atoms with van der Waals surface area (Å²) < 4.78 is 10.2. The second kappa shape index (κ2) is 8.12. The van der Waals surface area contributed by atoms with Gasteiger partial charge in [-0.05, 0) is 6.92 Å². The summed E-state index contributed by atoms with van der Waals surface area (Å²) in [4.78, 5) is 27.1. The molecule has 1 aromatic heterocycles. The average molecular weight is 316 g/mol. The highest BCUT2D eigenvalue weighted by Crippen LogP contribution is 2.20. The number of methoxy groups -OCH3 is 1. The van der Waals surface area contributed by atoms with Crippen LogP contribution in [0, 0.1) is 0 Å². The van der Waals surface area contributed by atoms with E-state index in [-0.39, 0.29) is 30.8 Å². The molecule has 0 aliphatic heterocycles. The van der Waals surface area contributed by atoms with Crippen LogP contribution in [0.2, 0.25) is 0 Å². The Balaban J connectivity index is 1.81. The molecule has 0 aliphatic rings. The molecule has 0 aliphatic carbocycles. The lowest BCUT2D eigenvalue weighted by Gasteiger charge is -2.11. The van der Waals surface area contributed by atoms with E-state index in [1.165, 1.54) is 7.11 Å². The van der Waals surface area contributed by atoms with Crippen LogP contribution in [0.3, 0.4) is 0 Å². The van der Waals surface area contributed by atoms with Crippen LogP contribution < -0.4 is 5.32 Å². The van der Waals surface area contributed by atoms with Crippen LogP contribution in [0.4, 0.5) is 0 Å². The third kappa shape index (κ3) is 5.25. The Kier molecular flexibility index (Phi) is 5.91. The van der Waals surface area contributed by atoms with Crippen LogP contribution in [-0.4, -0.2) is 30.0 Å². The van der Waals surface area contributed by atoms with E-state index in [0.717, 1.165) is 5.56 Å². The Labute approximate surface area is 134 Å². The van der Waals surface area contributed by atoms with Crippen LogP contribution in [0.1, 0.15) is 25.7 Å². The van der Waals surface area contributed by atoms with Crippen LogP contribution >= 0.6 is 0 Å². The van der Waals surface area contributed by atoms with Gasteiger partial charge >= 0.3 is 5.97 Å². The summed E-state index contributed by atoms with van der Waals surface area (Å²) in [6, 6.07) is 9.39. The van der Waals surface area contributed by atoms with Gasteiger partial charge in [-0.25, -0.2) is 4.98 Å². The van der Waals surface area contributed by atoms with Gasteiger partial charge < -0.3 is 14.5 Å². The fourth-order valence-corrected chi connectivity index (χ4v) is 2.11. The number of carbonyl (C=O) groups excluding carboxylic acids is 2. The Hall–Kier alpha value is -2.63. The molecule has 1 amide bonds. The number of benzene rings is 1. The molecular weight excluding hydrogens is 296 g/mol. The minimum atomic E-state index is -0.349. The smallest absolute Gasteiger partial charge is 0.307 e. The second-order valence-corrected chi connectivity index (χ2v) is 5.23. The molecule has 2 aromatic rings. The van der Waals surface area contributed by atoms with E-state index >= 15 is 0 Å². The zero-order chi connectivity index (χ0) is 16.7. The molecule has 0 saturated carbocycles. The van der Waals surface area contributed by atoms with Gasteiger partial charge in [-0.15, -0.1) is 0 Å². The van der Waals surface area contributed by atoms with Gasteiger partial charge in [-0.3, -0.25) is 9.59 Å². The highest BCUT2D eigenvalue weighted by atomic mass is 16.5. The van der Waals surface area contributed by atoms with Gasteiger partial charge in [0.1, 0.15) is 0 Å². The molecule has 0 fully saturated rings. The Morgan fingerprint density at radius 3 is 2.74 bits per heavy atom. The van der Waals surface area contributed by atoms with E-state index in [9.17, 15) is 9.59 Å². The minimum Gasteiger partial charge on any atom is -0.469 e. The summed E-state index contributed by atoms with van der Waals surface area (Å²) in [7, 11) is 1.32. The highest BCUT2D eigenvalue weighted by Gasteiger charge is 2.13. The Bertz CT molecular complexity index is 652. The van der Waals surface area contributed by atoms with Crippen molar-refractivity contribution < 1.29 is 18.7 Å². The maximum Gasteiger partial charge on any atom is 0.307 e. The van der Waals surface area contributed by atoms with Gasteiger partial charge in [0.25, 0.3) is 0 Å². The highest BCUT2D eigenvalue weighted by molar-refractivity contribution is 5.77. The first-order valence-corrected chi connectivity index (χ1v) is 7.44. The number of ether oxygens (including phenoxy) is 1. The lowest BCUT2D eigenvalue weighted by Crippen LogP contribution is -2.34. The van der Waals surface area contributed by atoms with E-state index in [4.69, 9.17) is 4.42 Å². The topological polar surface area (TPSA) is 81.4 Å². The molecule has 0 radical (unpaired) electrons. The van der Waals surface area contributed by atoms with Gasteiger partial charge in [-0.2, -0.15) is 0 Å². The predicted octanol–water partition coefficient (Wildman–Crippen LogP) is 2.34. The molecule has 1 unspecified atom stereocenters. The van der Waals surface area contributed by atoms with Crippen molar-refractivity contribution >= 4 is 11.9 Å². The van der Waals surface area contributed by atoms with Crippen LogP contribution in [-0.2, 0) is 20.7 Å². The zero-order valence-electron chi connectivity index (χ0n) is 13.2. The third-order valence-corrected chi connectivity index (χ3v) is 3.29. The van der Waals surface area contributed by atoms with Gasteiger partial charge in [0.2, 0.25) is 5.91 Å². The van der Waals surface area contributed by atoms with Crippen molar-refractivity contribution in [1.29, 1.82) is 0 Å². The van der Waals surface area contributed by atoms with Gasteiger partial charge in [0.15, 0.2) is 11.7 Å². The Morgan fingerprint density at radius 1 is 1.30 bits per heavy atom. The molecule has 6 nitrogen and oxygen atoms in total. The average Bonchev–Trinajstić information content (AvgIpc) is 3.02. The number of hydrogen-bond donors (Lipinski definition) is 1. The largest absolute Gasteiger partial charge is 0.469 e. The first kappa shape index (κ1) is 16.7.